The Labute approximate surface area is 176 Å². The van der Waals surface area contributed by atoms with Gasteiger partial charge in [-0.15, -0.1) is 11.3 Å². The minimum Gasteiger partial charge on any atom is -0.453 e. The average molecular weight is 425 g/mol. The van der Waals surface area contributed by atoms with E-state index in [1.165, 1.54) is 23.5 Å². The van der Waals surface area contributed by atoms with Gasteiger partial charge in [0.1, 0.15) is 5.75 Å². The molecule has 0 radical (unpaired) electrons. The number of nitrogen functional groups attached to an aromatic ring is 1. The highest BCUT2D eigenvalue weighted by Gasteiger charge is 2.18. The molecule has 0 atom stereocenters. The van der Waals surface area contributed by atoms with Gasteiger partial charge in [0.15, 0.2) is 17.9 Å². The molecule has 0 saturated carbocycles. The molecule has 30 heavy (non-hydrogen) atoms. The van der Waals surface area contributed by atoms with Crippen molar-refractivity contribution in [2.45, 2.75) is 6.29 Å². The molecule has 1 saturated heterocycles. The number of pyridine rings is 1. The second-order valence-corrected chi connectivity index (χ2v) is 7.54. The van der Waals surface area contributed by atoms with Crippen LogP contribution in [0.4, 0.5) is 10.1 Å². The average Bonchev–Trinajstić information content (AvgIpc) is 3.41. The van der Waals surface area contributed by atoms with E-state index in [4.69, 9.17) is 25.7 Å². The lowest BCUT2D eigenvalue weighted by Gasteiger charge is -2.09. The summed E-state index contributed by atoms with van der Waals surface area (Å²) < 4.78 is 31.6. The van der Waals surface area contributed by atoms with Crippen LogP contribution in [0, 0.1) is 5.82 Å². The van der Waals surface area contributed by atoms with Crippen molar-refractivity contribution in [1.82, 2.24) is 4.98 Å². The van der Waals surface area contributed by atoms with E-state index in [-0.39, 0.29) is 5.75 Å². The number of thiophene rings is 1. The van der Waals surface area contributed by atoms with Crippen molar-refractivity contribution in [3.63, 3.8) is 0 Å². The third-order valence-electron chi connectivity index (χ3n) is 4.42. The number of ether oxygens (including phenoxy) is 3. The first-order valence-electron chi connectivity index (χ1n) is 9.20. The molecular formula is C22H20FN3O3S. The van der Waals surface area contributed by atoms with Gasteiger partial charge in [0.25, 0.3) is 0 Å². The SMILES string of the molecule is C=C/C(=C\C=C(/N)c1cc2nccc(Oc3ccc(N)cc3F)c2s1)C1OCCO1. The molecule has 0 amide bonds. The van der Waals surface area contributed by atoms with Crippen LogP contribution in [-0.4, -0.2) is 24.5 Å². The van der Waals surface area contributed by atoms with E-state index in [2.05, 4.69) is 11.6 Å². The van der Waals surface area contributed by atoms with Crippen LogP contribution in [0.1, 0.15) is 4.88 Å². The van der Waals surface area contributed by atoms with E-state index in [1.54, 1.807) is 30.5 Å². The largest absolute Gasteiger partial charge is 0.453 e. The number of hydrogen-bond donors (Lipinski definition) is 2. The van der Waals surface area contributed by atoms with Crippen molar-refractivity contribution < 1.29 is 18.6 Å². The van der Waals surface area contributed by atoms with Crippen molar-refractivity contribution in [2.75, 3.05) is 18.9 Å². The van der Waals surface area contributed by atoms with E-state index in [0.717, 1.165) is 15.2 Å². The maximum absolute atomic E-state index is 14.1. The molecule has 0 bridgehead atoms. The van der Waals surface area contributed by atoms with Crippen LogP contribution in [0.3, 0.4) is 0 Å². The second-order valence-electron chi connectivity index (χ2n) is 6.49. The van der Waals surface area contributed by atoms with Crippen LogP contribution >= 0.6 is 11.3 Å². The van der Waals surface area contributed by atoms with Crippen molar-refractivity contribution in [2.24, 2.45) is 5.73 Å². The summed E-state index contributed by atoms with van der Waals surface area (Å²) in [5.41, 5.74) is 14.2. The van der Waals surface area contributed by atoms with Gasteiger partial charge >= 0.3 is 0 Å². The molecule has 1 aliphatic heterocycles. The highest BCUT2D eigenvalue weighted by Crippen LogP contribution is 2.37. The molecule has 6 nitrogen and oxygen atoms in total. The number of rotatable bonds is 6. The Morgan fingerprint density at radius 3 is 2.73 bits per heavy atom. The monoisotopic (exact) mass is 425 g/mol. The van der Waals surface area contributed by atoms with E-state index in [0.29, 0.717) is 35.9 Å². The smallest absolute Gasteiger partial charge is 0.184 e. The number of hydrogen-bond acceptors (Lipinski definition) is 7. The molecule has 8 heteroatoms. The summed E-state index contributed by atoms with van der Waals surface area (Å²) in [7, 11) is 0. The Morgan fingerprint density at radius 1 is 1.20 bits per heavy atom. The van der Waals surface area contributed by atoms with Gasteiger partial charge in [-0.2, -0.15) is 0 Å². The summed E-state index contributed by atoms with van der Waals surface area (Å²) in [6.45, 7) is 4.89. The van der Waals surface area contributed by atoms with E-state index >= 15 is 0 Å². The fourth-order valence-corrected chi connectivity index (χ4v) is 3.92. The van der Waals surface area contributed by atoms with Gasteiger partial charge in [-0.3, -0.25) is 4.98 Å². The molecule has 4 rings (SSSR count). The predicted octanol–water partition coefficient (Wildman–Crippen LogP) is 4.59. The maximum Gasteiger partial charge on any atom is 0.184 e. The van der Waals surface area contributed by atoms with Crippen molar-refractivity contribution in [3.05, 3.63) is 77.6 Å². The zero-order valence-corrected chi connectivity index (χ0v) is 16.8. The first-order valence-corrected chi connectivity index (χ1v) is 10.0. The van der Waals surface area contributed by atoms with Gasteiger partial charge in [-0.05, 0) is 24.3 Å². The quantitative estimate of drug-likeness (QED) is 0.443. The van der Waals surface area contributed by atoms with Crippen LogP contribution in [0.5, 0.6) is 11.5 Å². The molecule has 3 heterocycles. The van der Waals surface area contributed by atoms with Crippen molar-refractivity contribution in [1.29, 1.82) is 0 Å². The zero-order valence-electron chi connectivity index (χ0n) is 16.0. The summed E-state index contributed by atoms with van der Waals surface area (Å²) >= 11 is 1.41. The van der Waals surface area contributed by atoms with Crippen LogP contribution < -0.4 is 16.2 Å². The first-order chi connectivity index (χ1) is 14.5. The first kappa shape index (κ1) is 20.1. The summed E-state index contributed by atoms with van der Waals surface area (Å²) in [4.78, 5) is 5.16. The predicted molar refractivity (Wildman–Crippen MR) is 117 cm³/mol. The molecule has 0 aliphatic carbocycles. The lowest BCUT2D eigenvalue weighted by Crippen LogP contribution is -2.09. The van der Waals surface area contributed by atoms with Crippen molar-refractivity contribution >= 4 is 32.9 Å². The Bertz CT molecular complexity index is 1150. The minimum absolute atomic E-state index is 0.0882. The van der Waals surface area contributed by atoms with Crippen LogP contribution in [0.2, 0.25) is 0 Å². The van der Waals surface area contributed by atoms with Gasteiger partial charge in [0, 0.05) is 35.3 Å². The van der Waals surface area contributed by atoms with Crippen molar-refractivity contribution in [3.8, 4) is 11.5 Å². The van der Waals surface area contributed by atoms with Gasteiger partial charge in [0.05, 0.1) is 28.3 Å². The number of halogens is 1. The van der Waals surface area contributed by atoms with Gasteiger partial charge in [-0.25, -0.2) is 4.39 Å². The molecule has 154 valence electrons. The Balaban J connectivity index is 1.63. The fraction of sp³-hybridized carbons (Fsp3) is 0.136. The molecule has 2 aromatic heterocycles. The second kappa shape index (κ2) is 8.66. The normalized spacial score (nSPS) is 15.6. The number of allylic oxidation sites excluding steroid dienone is 2. The number of benzene rings is 1. The number of aromatic nitrogens is 1. The zero-order chi connectivity index (χ0) is 21.1. The van der Waals surface area contributed by atoms with E-state index < -0.39 is 12.1 Å². The molecular weight excluding hydrogens is 405 g/mol. The Hall–Kier alpha value is -3.20. The highest BCUT2D eigenvalue weighted by atomic mass is 32.1. The molecule has 0 spiro atoms. The molecule has 4 N–H and O–H groups in total. The molecule has 1 aromatic carbocycles. The van der Waals surface area contributed by atoms with Gasteiger partial charge < -0.3 is 25.7 Å². The van der Waals surface area contributed by atoms with Crippen LogP contribution in [0.25, 0.3) is 15.9 Å². The fourth-order valence-electron chi connectivity index (χ4n) is 2.92. The van der Waals surface area contributed by atoms with E-state index in [1.807, 2.05) is 12.1 Å². The number of anilines is 1. The molecule has 1 fully saturated rings. The lowest BCUT2D eigenvalue weighted by atomic mass is 10.2. The van der Waals surface area contributed by atoms with E-state index in [9.17, 15) is 4.39 Å². The van der Waals surface area contributed by atoms with Crippen LogP contribution in [0.15, 0.2) is 66.9 Å². The lowest BCUT2D eigenvalue weighted by molar-refractivity contribution is -0.00827. The van der Waals surface area contributed by atoms with Gasteiger partial charge in [0.2, 0.25) is 0 Å². The highest BCUT2D eigenvalue weighted by molar-refractivity contribution is 7.20. The summed E-state index contributed by atoms with van der Waals surface area (Å²) in [5.74, 6) is 0.0441. The van der Waals surface area contributed by atoms with Crippen LogP contribution in [-0.2, 0) is 9.47 Å². The third kappa shape index (κ3) is 4.20. The molecule has 3 aromatic rings. The topological polar surface area (TPSA) is 92.6 Å². The maximum atomic E-state index is 14.1. The molecule has 1 aliphatic rings. The number of nitrogens with zero attached hydrogens (tertiary/aromatic N) is 1. The minimum atomic E-state index is -0.533. The summed E-state index contributed by atoms with van der Waals surface area (Å²) in [6.07, 6.45) is 6.45. The third-order valence-corrected chi connectivity index (χ3v) is 5.61. The summed E-state index contributed by atoms with van der Waals surface area (Å²) in [6, 6.07) is 7.84. The van der Waals surface area contributed by atoms with Gasteiger partial charge in [-0.1, -0.05) is 18.7 Å². The molecule has 0 unspecified atom stereocenters. The standard InChI is InChI=1S/C22H20FN3O3S/c1-2-13(22-27-9-10-28-22)3-5-16(25)20-12-17-21(30-20)19(7-8-26-17)29-18-6-4-14(24)11-15(18)23/h2-8,11-12,22H,1,9-10,24-25H2/b13-3+,16-5-. The number of nitrogens with two attached hydrogens (primary N) is 2. The summed E-state index contributed by atoms with van der Waals surface area (Å²) in [5, 5.41) is 0. The Kier molecular flexibility index (Phi) is 5.80. The number of fused-ring (bicyclic) bond motifs is 1. The Morgan fingerprint density at radius 2 is 2.00 bits per heavy atom.